The molecule has 1 aromatic carbocycles. The predicted molar refractivity (Wildman–Crippen MR) is 76.2 cm³/mol. The van der Waals surface area contributed by atoms with Gasteiger partial charge in [-0.1, -0.05) is 22.0 Å². The zero-order valence-corrected chi connectivity index (χ0v) is 12.5. The Hall–Kier alpha value is -1.56. The van der Waals surface area contributed by atoms with Gasteiger partial charge in [-0.05, 0) is 31.5 Å². The van der Waals surface area contributed by atoms with Crippen molar-refractivity contribution >= 4 is 27.9 Å². The molecule has 0 spiro atoms. The Morgan fingerprint density at radius 1 is 1.26 bits per heavy atom. The molecule has 0 unspecified atom stereocenters. The predicted octanol–water partition coefficient (Wildman–Crippen LogP) is 2.23. The summed E-state index contributed by atoms with van der Waals surface area (Å²) in [6, 6.07) is 5.52. The Morgan fingerprint density at radius 2 is 1.95 bits per heavy atom. The molecule has 0 fully saturated rings. The molecule has 0 heterocycles. The first kappa shape index (κ1) is 15.5. The summed E-state index contributed by atoms with van der Waals surface area (Å²) in [4.78, 5) is 22.9. The highest BCUT2D eigenvalue weighted by Crippen LogP contribution is 2.15. The molecular formula is C13H17BrN2O3. The molecule has 0 aliphatic heterocycles. The average Bonchev–Trinajstić information content (AvgIpc) is 2.37. The summed E-state index contributed by atoms with van der Waals surface area (Å²) < 4.78 is 5.55. The van der Waals surface area contributed by atoms with Crippen molar-refractivity contribution in [1.82, 2.24) is 10.6 Å². The van der Waals surface area contributed by atoms with E-state index in [1.807, 2.05) is 19.1 Å². The van der Waals surface area contributed by atoms with Crippen molar-refractivity contribution in [3.63, 3.8) is 0 Å². The first-order chi connectivity index (χ1) is 9.04. The maximum Gasteiger partial charge on any atom is 0.407 e. The number of nitrogens with one attached hydrogen (secondary N) is 2. The van der Waals surface area contributed by atoms with Gasteiger partial charge in [0, 0.05) is 23.1 Å². The molecule has 0 aliphatic rings. The van der Waals surface area contributed by atoms with Gasteiger partial charge in [0.25, 0.3) is 5.91 Å². The van der Waals surface area contributed by atoms with Crippen LogP contribution in [0.3, 0.4) is 0 Å². The number of halogens is 1. The molecular weight excluding hydrogens is 312 g/mol. The zero-order valence-electron chi connectivity index (χ0n) is 11.0. The van der Waals surface area contributed by atoms with Crippen molar-refractivity contribution in [2.24, 2.45) is 0 Å². The van der Waals surface area contributed by atoms with Crippen LogP contribution in [0.15, 0.2) is 22.7 Å². The molecule has 0 radical (unpaired) electrons. The number of amides is 2. The molecule has 6 heteroatoms. The SMILES string of the molecule is CCOC(=O)NCCNC(=O)c1cc(Br)ccc1C. The van der Waals surface area contributed by atoms with E-state index in [1.165, 1.54) is 0 Å². The number of alkyl carbamates (subject to hydrolysis) is 1. The monoisotopic (exact) mass is 328 g/mol. The average molecular weight is 329 g/mol. The van der Waals surface area contributed by atoms with Crippen LogP contribution < -0.4 is 10.6 Å². The first-order valence-electron chi connectivity index (χ1n) is 5.99. The van der Waals surface area contributed by atoms with Crippen LogP contribution in [-0.2, 0) is 4.74 Å². The highest BCUT2D eigenvalue weighted by molar-refractivity contribution is 9.10. The quantitative estimate of drug-likeness (QED) is 0.814. The summed E-state index contributed by atoms with van der Waals surface area (Å²) in [5, 5.41) is 5.27. The van der Waals surface area contributed by atoms with Crippen molar-refractivity contribution in [3.05, 3.63) is 33.8 Å². The number of aryl methyl sites for hydroxylation is 1. The Bertz CT molecular complexity index is 463. The van der Waals surface area contributed by atoms with Gasteiger partial charge < -0.3 is 15.4 Å². The molecule has 5 nitrogen and oxygen atoms in total. The second kappa shape index (κ2) is 7.78. The van der Waals surface area contributed by atoms with Crippen molar-refractivity contribution in [1.29, 1.82) is 0 Å². The van der Waals surface area contributed by atoms with Crippen LogP contribution in [0.2, 0.25) is 0 Å². The Balaban J connectivity index is 2.39. The number of rotatable bonds is 5. The first-order valence-corrected chi connectivity index (χ1v) is 6.79. The largest absolute Gasteiger partial charge is 0.450 e. The smallest absolute Gasteiger partial charge is 0.407 e. The lowest BCUT2D eigenvalue weighted by Gasteiger charge is -2.09. The lowest BCUT2D eigenvalue weighted by molar-refractivity contribution is 0.0951. The molecule has 2 N–H and O–H groups in total. The second-order valence-corrected chi connectivity index (χ2v) is 4.78. The molecule has 0 bridgehead atoms. The normalized spacial score (nSPS) is 9.84. The fraction of sp³-hybridized carbons (Fsp3) is 0.385. The summed E-state index contributed by atoms with van der Waals surface area (Å²) in [5.74, 6) is -0.163. The zero-order chi connectivity index (χ0) is 14.3. The molecule has 1 rings (SSSR count). The maximum atomic E-state index is 11.9. The van der Waals surface area contributed by atoms with Crippen molar-refractivity contribution < 1.29 is 14.3 Å². The summed E-state index contributed by atoms with van der Waals surface area (Å²) in [6.45, 7) is 4.62. The number of carbonyl (C=O) groups excluding carboxylic acids is 2. The molecule has 0 atom stereocenters. The minimum Gasteiger partial charge on any atom is -0.450 e. The van der Waals surface area contributed by atoms with E-state index in [4.69, 9.17) is 4.74 Å². The third kappa shape index (κ3) is 5.30. The summed E-state index contributed by atoms with van der Waals surface area (Å²) in [7, 11) is 0. The van der Waals surface area contributed by atoms with E-state index in [0.717, 1.165) is 10.0 Å². The molecule has 0 aromatic heterocycles. The van der Waals surface area contributed by atoms with Gasteiger partial charge in [0.15, 0.2) is 0 Å². The van der Waals surface area contributed by atoms with Gasteiger partial charge in [-0.2, -0.15) is 0 Å². The van der Waals surface area contributed by atoms with Gasteiger partial charge in [0.1, 0.15) is 0 Å². The third-order valence-electron chi connectivity index (χ3n) is 2.40. The van der Waals surface area contributed by atoms with E-state index < -0.39 is 6.09 Å². The summed E-state index contributed by atoms with van der Waals surface area (Å²) in [5.41, 5.74) is 1.52. The Morgan fingerprint density at radius 3 is 2.63 bits per heavy atom. The number of benzene rings is 1. The molecule has 1 aromatic rings. The van der Waals surface area contributed by atoms with E-state index in [0.29, 0.717) is 25.3 Å². The Labute approximate surface area is 120 Å². The van der Waals surface area contributed by atoms with Gasteiger partial charge >= 0.3 is 6.09 Å². The van der Waals surface area contributed by atoms with Crippen LogP contribution in [0.4, 0.5) is 4.79 Å². The van der Waals surface area contributed by atoms with Crippen LogP contribution in [0.5, 0.6) is 0 Å². The third-order valence-corrected chi connectivity index (χ3v) is 2.89. The minimum absolute atomic E-state index is 0.163. The van der Waals surface area contributed by atoms with Crippen LogP contribution in [0.1, 0.15) is 22.8 Å². The topological polar surface area (TPSA) is 67.4 Å². The fourth-order valence-electron chi connectivity index (χ4n) is 1.46. The molecule has 19 heavy (non-hydrogen) atoms. The lowest BCUT2D eigenvalue weighted by atomic mass is 10.1. The van der Waals surface area contributed by atoms with E-state index in [2.05, 4.69) is 26.6 Å². The highest BCUT2D eigenvalue weighted by Gasteiger charge is 2.09. The fourth-order valence-corrected chi connectivity index (χ4v) is 1.82. The van der Waals surface area contributed by atoms with E-state index in [-0.39, 0.29) is 5.91 Å². The van der Waals surface area contributed by atoms with Gasteiger partial charge in [-0.3, -0.25) is 4.79 Å². The molecule has 104 valence electrons. The number of carbonyl (C=O) groups is 2. The van der Waals surface area contributed by atoms with E-state index in [9.17, 15) is 9.59 Å². The molecule has 0 saturated heterocycles. The minimum atomic E-state index is -0.476. The van der Waals surface area contributed by atoms with Gasteiger partial charge in [0.05, 0.1) is 6.61 Å². The van der Waals surface area contributed by atoms with Crippen molar-refractivity contribution in [2.75, 3.05) is 19.7 Å². The number of ether oxygens (including phenoxy) is 1. The molecule has 2 amide bonds. The summed E-state index contributed by atoms with van der Waals surface area (Å²) >= 11 is 3.33. The van der Waals surface area contributed by atoms with Crippen LogP contribution in [-0.4, -0.2) is 31.7 Å². The van der Waals surface area contributed by atoms with Crippen molar-refractivity contribution in [3.8, 4) is 0 Å². The standard InChI is InChI=1S/C13H17BrN2O3/c1-3-19-13(18)16-7-6-15-12(17)11-8-10(14)5-4-9(11)2/h4-5,8H,3,6-7H2,1-2H3,(H,15,17)(H,16,18). The van der Waals surface area contributed by atoms with E-state index in [1.54, 1.807) is 13.0 Å². The van der Waals surface area contributed by atoms with Gasteiger partial charge in [-0.15, -0.1) is 0 Å². The molecule has 0 saturated carbocycles. The molecule has 0 aliphatic carbocycles. The lowest BCUT2D eigenvalue weighted by Crippen LogP contribution is -2.35. The second-order valence-electron chi connectivity index (χ2n) is 3.86. The van der Waals surface area contributed by atoms with Gasteiger partial charge in [-0.25, -0.2) is 4.79 Å². The van der Waals surface area contributed by atoms with Crippen LogP contribution in [0, 0.1) is 6.92 Å². The highest BCUT2D eigenvalue weighted by atomic mass is 79.9. The van der Waals surface area contributed by atoms with Crippen LogP contribution in [0.25, 0.3) is 0 Å². The van der Waals surface area contributed by atoms with Gasteiger partial charge in [0.2, 0.25) is 0 Å². The van der Waals surface area contributed by atoms with Crippen LogP contribution >= 0.6 is 15.9 Å². The maximum absolute atomic E-state index is 11.9. The Kier molecular flexibility index (Phi) is 6.35. The summed E-state index contributed by atoms with van der Waals surface area (Å²) in [6.07, 6.45) is -0.476. The van der Waals surface area contributed by atoms with E-state index >= 15 is 0 Å². The number of hydrogen-bond donors (Lipinski definition) is 2. The van der Waals surface area contributed by atoms with Crippen molar-refractivity contribution in [2.45, 2.75) is 13.8 Å². The number of hydrogen-bond acceptors (Lipinski definition) is 3.